The molecule has 0 aromatic heterocycles. The zero-order chi connectivity index (χ0) is 16.1. The zero-order valence-electron chi connectivity index (χ0n) is 13.1. The van der Waals surface area contributed by atoms with E-state index < -0.39 is 11.8 Å². The van der Waals surface area contributed by atoms with E-state index in [1.54, 1.807) is 6.07 Å². The molecule has 22 heavy (non-hydrogen) atoms. The van der Waals surface area contributed by atoms with Gasteiger partial charge >= 0.3 is 11.8 Å². The Bertz CT molecular complexity index is 552. The Labute approximate surface area is 140 Å². The smallest absolute Gasteiger partial charge is 0.313 e. The fourth-order valence-corrected chi connectivity index (χ4v) is 3.39. The molecule has 0 radical (unpaired) electrons. The highest BCUT2D eigenvalue weighted by atomic mass is 79.9. The molecule has 1 aromatic rings. The van der Waals surface area contributed by atoms with Crippen molar-refractivity contribution in [1.29, 1.82) is 0 Å². The van der Waals surface area contributed by atoms with E-state index in [0.29, 0.717) is 5.69 Å². The molecule has 1 saturated carbocycles. The SMILES string of the molecule is CCC1CCC(NC(=O)C(=O)Nc2ccc(Br)cc2C)CC1. The third-order valence-corrected chi connectivity index (χ3v) is 4.90. The number of amides is 2. The summed E-state index contributed by atoms with van der Waals surface area (Å²) >= 11 is 3.38. The standard InChI is InChI=1S/C17H23BrN2O2/c1-3-12-4-7-14(8-5-12)19-16(21)17(22)20-15-9-6-13(18)10-11(15)2/h6,9-10,12,14H,3-5,7-8H2,1-2H3,(H,19,21)(H,20,22). The van der Waals surface area contributed by atoms with Gasteiger partial charge < -0.3 is 10.6 Å². The lowest BCUT2D eigenvalue weighted by Crippen LogP contribution is -2.43. The Morgan fingerprint density at radius 2 is 1.86 bits per heavy atom. The number of rotatable bonds is 3. The van der Waals surface area contributed by atoms with Crippen molar-refractivity contribution in [2.75, 3.05) is 5.32 Å². The minimum absolute atomic E-state index is 0.132. The van der Waals surface area contributed by atoms with Gasteiger partial charge in [-0.05, 0) is 62.3 Å². The van der Waals surface area contributed by atoms with Crippen molar-refractivity contribution in [3.63, 3.8) is 0 Å². The molecule has 0 heterocycles. The fraction of sp³-hybridized carbons (Fsp3) is 0.529. The van der Waals surface area contributed by atoms with Crippen molar-refractivity contribution in [3.05, 3.63) is 28.2 Å². The van der Waals surface area contributed by atoms with E-state index in [2.05, 4.69) is 33.5 Å². The van der Waals surface area contributed by atoms with Crippen LogP contribution in [0.1, 0.15) is 44.6 Å². The average Bonchev–Trinajstić information content (AvgIpc) is 2.50. The van der Waals surface area contributed by atoms with Crippen molar-refractivity contribution in [1.82, 2.24) is 5.32 Å². The van der Waals surface area contributed by atoms with Crippen molar-refractivity contribution in [2.45, 2.75) is 52.0 Å². The summed E-state index contributed by atoms with van der Waals surface area (Å²) in [7, 11) is 0. The summed E-state index contributed by atoms with van der Waals surface area (Å²) in [5, 5.41) is 5.53. The van der Waals surface area contributed by atoms with Gasteiger partial charge in [-0.3, -0.25) is 9.59 Å². The Hall–Kier alpha value is -1.36. The van der Waals surface area contributed by atoms with E-state index in [4.69, 9.17) is 0 Å². The Kier molecular flexibility index (Phi) is 6.00. The quantitative estimate of drug-likeness (QED) is 0.799. The Morgan fingerprint density at radius 3 is 2.45 bits per heavy atom. The maximum Gasteiger partial charge on any atom is 0.313 e. The predicted molar refractivity (Wildman–Crippen MR) is 91.7 cm³/mol. The van der Waals surface area contributed by atoms with E-state index in [9.17, 15) is 9.59 Å². The third-order valence-electron chi connectivity index (χ3n) is 4.40. The molecular weight excluding hydrogens is 344 g/mol. The monoisotopic (exact) mass is 366 g/mol. The van der Waals surface area contributed by atoms with Crippen LogP contribution in [0.5, 0.6) is 0 Å². The number of hydrogen-bond donors (Lipinski definition) is 2. The van der Waals surface area contributed by atoms with Gasteiger partial charge in [0, 0.05) is 16.2 Å². The van der Waals surface area contributed by atoms with E-state index in [1.165, 1.54) is 6.42 Å². The minimum Gasteiger partial charge on any atom is -0.345 e. The zero-order valence-corrected chi connectivity index (χ0v) is 14.7. The highest BCUT2D eigenvalue weighted by Gasteiger charge is 2.24. The van der Waals surface area contributed by atoms with Crippen LogP contribution in [0.25, 0.3) is 0 Å². The van der Waals surface area contributed by atoms with E-state index in [0.717, 1.165) is 41.6 Å². The molecule has 0 aliphatic heterocycles. The van der Waals surface area contributed by atoms with Gasteiger partial charge in [0.2, 0.25) is 0 Å². The largest absolute Gasteiger partial charge is 0.345 e. The summed E-state index contributed by atoms with van der Waals surface area (Å²) in [6, 6.07) is 5.66. The van der Waals surface area contributed by atoms with Crippen LogP contribution in [0.15, 0.2) is 22.7 Å². The lowest BCUT2D eigenvalue weighted by atomic mass is 9.84. The predicted octanol–water partition coefficient (Wildman–Crippen LogP) is 3.78. The van der Waals surface area contributed by atoms with E-state index in [1.807, 2.05) is 19.1 Å². The van der Waals surface area contributed by atoms with Crippen molar-refractivity contribution in [2.24, 2.45) is 5.92 Å². The van der Waals surface area contributed by atoms with Crippen LogP contribution >= 0.6 is 15.9 Å². The second kappa shape index (κ2) is 7.77. The topological polar surface area (TPSA) is 58.2 Å². The number of benzene rings is 1. The van der Waals surface area contributed by atoms with Gasteiger partial charge in [0.05, 0.1) is 0 Å². The molecule has 0 bridgehead atoms. The minimum atomic E-state index is -0.594. The molecule has 1 aliphatic rings. The second-order valence-electron chi connectivity index (χ2n) is 6.01. The number of nitrogens with one attached hydrogen (secondary N) is 2. The molecule has 0 atom stereocenters. The highest BCUT2D eigenvalue weighted by Crippen LogP contribution is 2.26. The van der Waals surface area contributed by atoms with Gasteiger partial charge in [0.25, 0.3) is 0 Å². The summed E-state index contributed by atoms with van der Waals surface area (Å²) in [5.74, 6) is -0.363. The number of carbonyl (C=O) groups is 2. The lowest BCUT2D eigenvalue weighted by Gasteiger charge is -2.28. The van der Waals surface area contributed by atoms with Crippen LogP contribution in [0.2, 0.25) is 0 Å². The molecule has 120 valence electrons. The first kappa shape index (κ1) is 17.0. The molecule has 0 spiro atoms. The molecule has 1 aliphatic carbocycles. The summed E-state index contributed by atoms with van der Waals surface area (Å²) < 4.78 is 0.945. The maximum atomic E-state index is 12.0. The number of aryl methyl sites for hydroxylation is 1. The maximum absolute atomic E-state index is 12.0. The summed E-state index contributed by atoms with van der Waals surface area (Å²) in [6.45, 7) is 4.10. The number of carbonyl (C=O) groups excluding carboxylic acids is 2. The molecular formula is C17H23BrN2O2. The molecule has 2 amide bonds. The van der Waals surface area contributed by atoms with Crippen molar-refractivity contribution >= 4 is 33.4 Å². The third kappa shape index (κ3) is 4.57. The first-order valence-electron chi connectivity index (χ1n) is 7.87. The number of hydrogen-bond acceptors (Lipinski definition) is 2. The number of halogens is 1. The van der Waals surface area contributed by atoms with Crippen molar-refractivity contribution < 1.29 is 9.59 Å². The normalized spacial score (nSPS) is 21.2. The summed E-state index contributed by atoms with van der Waals surface area (Å²) in [4.78, 5) is 24.0. The van der Waals surface area contributed by atoms with Gasteiger partial charge in [0.15, 0.2) is 0 Å². The molecule has 1 aromatic carbocycles. The molecule has 5 heteroatoms. The first-order valence-corrected chi connectivity index (χ1v) is 8.67. The van der Waals surface area contributed by atoms with E-state index >= 15 is 0 Å². The Morgan fingerprint density at radius 1 is 1.18 bits per heavy atom. The molecule has 4 nitrogen and oxygen atoms in total. The molecule has 0 saturated heterocycles. The van der Waals surface area contributed by atoms with Gasteiger partial charge in [-0.15, -0.1) is 0 Å². The van der Waals surface area contributed by atoms with Gasteiger partial charge in [-0.25, -0.2) is 0 Å². The summed E-state index contributed by atoms with van der Waals surface area (Å²) in [6.07, 6.45) is 5.40. The van der Waals surface area contributed by atoms with Gasteiger partial charge in [-0.1, -0.05) is 29.3 Å². The molecule has 1 fully saturated rings. The van der Waals surface area contributed by atoms with Crippen molar-refractivity contribution in [3.8, 4) is 0 Å². The number of anilines is 1. The van der Waals surface area contributed by atoms with Crippen LogP contribution in [0.4, 0.5) is 5.69 Å². The van der Waals surface area contributed by atoms with Gasteiger partial charge in [0.1, 0.15) is 0 Å². The molecule has 2 N–H and O–H groups in total. The van der Waals surface area contributed by atoms with Crippen LogP contribution in [0.3, 0.4) is 0 Å². The van der Waals surface area contributed by atoms with Crippen LogP contribution < -0.4 is 10.6 Å². The van der Waals surface area contributed by atoms with Gasteiger partial charge in [-0.2, -0.15) is 0 Å². The van der Waals surface area contributed by atoms with E-state index in [-0.39, 0.29) is 6.04 Å². The lowest BCUT2D eigenvalue weighted by molar-refractivity contribution is -0.136. The fourth-order valence-electron chi connectivity index (χ4n) is 2.91. The first-order chi connectivity index (χ1) is 10.5. The van der Waals surface area contributed by atoms with Crippen LogP contribution in [0, 0.1) is 12.8 Å². The van der Waals surface area contributed by atoms with Crippen LogP contribution in [-0.4, -0.2) is 17.9 Å². The second-order valence-corrected chi connectivity index (χ2v) is 6.93. The highest BCUT2D eigenvalue weighted by molar-refractivity contribution is 9.10. The van der Waals surface area contributed by atoms with Crippen LogP contribution in [-0.2, 0) is 9.59 Å². The average molecular weight is 367 g/mol. The summed E-state index contributed by atoms with van der Waals surface area (Å²) in [5.41, 5.74) is 1.58. The Balaban J connectivity index is 1.86. The molecule has 0 unspecified atom stereocenters. The molecule has 2 rings (SSSR count).